The van der Waals surface area contributed by atoms with Gasteiger partial charge >= 0.3 is 12.1 Å². The summed E-state index contributed by atoms with van der Waals surface area (Å²) < 4.78 is 37.7. The molecule has 1 aromatic rings. The number of amides is 2. The molecule has 0 aromatic carbocycles. The standard InChI is InChI=1S/C15H21N3O3S.C2HF3O2/c1-10-4-5-12(22-10)14(20)18-8-15(9-18)7-17(3)11(6-21-15)13(19)16-2;3-2(4,5)1(6)7/h4-5,11H,6-9H2,1-3H3,(H,16,19);(H,6,7). The number of carboxylic acid groups (broad SMARTS) is 1. The van der Waals surface area contributed by atoms with E-state index in [1.807, 2.05) is 35.9 Å². The van der Waals surface area contributed by atoms with Crippen molar-refractivity contribution >= 4 is 29.1 Å². The molecule has 12 heteroatoms. The van der Waals surface area contributed by atoms with Crippen LogP contribution in [0.3, 0.4) is 0 Å². The van der Waals surface area contributed by atoms with Gasteiger partial charge < -0.3 is 20.1 Å². The van der Waals surface area contributed by atoms with Crippen LogP contribution in [0, 0.1) is 6.92 Å². The molecular formula is C17H22F3N3O5S. The third kappa shape index (κ3) is 5.46. The Hall–Kier alpha value is -2.18. The summed E-state index contributed by atoms with van der Waals surface area (Å²) in [4.78, 5) is 38.8. The number of alkyl halides is 3. The third-order valence-corrected chi connectivity index (χ3v) is 5.59. The predicted octanol–water partition coefficient (Wildman–Crippen LogP) is 0.961. The van der Waals surface area contributed by atoms with Gasteiger partial charge in [-0.2, -0.15) is 13.2 Å². The van der Waals surface area contributed by atoms with Crippen molar-refractivity contribution in [3.63, 3.8) is 0 Å². The Labute approximate surface area is 169 Å². The molecule has 2 saturated heterocycles. The van der Waals surface area contributed by atoms with Crippen molar-refractivity contribution < 1.29 is 37.4 Å². The minimum Gasteiger partial charge on any atom is -0.475 e. The van der Waals surface area contributed by atoms with Gasteiger partial charge in [0.25, 0.3) is 5.91 Å². The molecule has 3 rings (SSSR count). The van der Waals surface area contributed by atoms with E-state index in [1.165, 1.54) is 11.3 Å². The molecule has 2 amide bonds. The highest BCUT2D eigenvalue weighted by atomic mass is 32.1. The molecule has 0 aliphatic carbocycles. The first-order chi connectivity index (χ1) is 13.4. The summed E-state index contributed by atoms with van der Waals surface area (Å²) in [5, 5.41) is 9.78. The first-order valence-electron chi connectivity index (χ1n) is 8.60. The quantitative estimate of drug-likeness (QED) is 0.715. The number of nitrogens with one attached hydrogen (secondary N) is 1. The van der Waals surface area contributed by atoms with Crippen molar-refractivity contribution in [2.45, 2.75) is 24.7 Å². The van der Waals surface area contributed by atoms with Crippen LogP contribution in [0.15, 0.2) is 12.1 Å². The molecule has 3 heterocycles. The molecule has 29 heavy (non-hydrogen) atoms. The fourth-order valence-corrected chi connectivity index (χ4v) is 3.96. The summed E-state index contributed by atoms with van der Waals surface area (Å²) in [5.74, 6) is -2.71. The lowest BCUT2D eigenvalue weighted by Crippen LogP contribution is -2.73. The van der Waals surface area contributed by atoms with E-state index in [1.54, 1.807) is 7.05 Å². The predicted molar refractivity (Wildman–Crippen MR) is 97.8 cm³/mol. The van der Waals surface area contributed by atoms with Gasteiger partial charge in [0.05, 0.1) is 24.6 Å². The summed E-state index contributed by atoms with van der Waals surface area (Å²) in [5.41, 5.74) is -0.318. The summed E-state index contributed by atoms with van der Waals surface area (Å²) >= 11 is 1.52. The molecule has 2 fully saturated rings. The average molecular weight is 437 g/mol. The van der Waals surface area contributed by atoms with Crippen LogP contribution in [-0.4, -0.2) is 90.8 Å². The monoisotopic (exact) mass is 437 g/mol. The number of ether oxygens (including phenoxy) is 1. The highest BCUT2D eigenvalue weighted by molar-refractivity contribution is 7.13. The summed E-state index contributed by atoms with van der Waals surface area (Å²) in [6.45, 7) is 4.22. The molecule has 0 bridgehead atoms. The first kappa shape index (κ1) is 23.1. The van der Waals surface area contributed by atoms with Crippen LogP contribution in [0.1, 0.15) is 14.5 Å². The maximum atomic E-state index is 12.4. The second kappa shape index (κ2) is 8.67. The number of aryl methyl sites for hydroxylation is 1. The molecule has 1 unspecified atom stereocenters. The zero-order valence-electron chi connectivity index (χ0n) is 16.1. The minimum absolute atomic E-state index is 0.0290. The highest BCUT2D eigenvalue weighted by Gasteiger charge is 2.51. The Bertz CT molecular complexity index is 777. The molecule has 1 aromatic heterocycles. The molecule has 0 radical (unpaired) electrons. The smallest absolute Gasteiger partial charge is 0.475 e. The Morgan fingerprint density at radius 1 is 1.28 bits per heavy atom. The molecule has 0 saturated carbocycles. The lowest BCUT2D eigenvalue weighted by Gasteiger charge is -2.54. The zero-order valence-corrected chi connectivity index (χ0v) is 16.9. The van der Waals surface area contributed by atoms with Crippen molar-refractivity contribution in [3.05, 3.63) is 21.9 Å². The average Bonchev–Trinajstić information content (AvgIpc) is 3.04. The molecule has 2 aliphatic rings. The van der Waals surface area contributed by atoms with Crippen LogP contribution in [0.4, 0.5) is 13.2 Å². The molecule has 2 N–H and O–H groups in total. The van der Waals surface area contributed by atoms with E-state index in [0.717, 1.165) is 9.75 Å². The number of hydrogen-bond donors (Lipinski definition) is 2. The normalized spacial score (nSPS) is 21.0. The fourth-order valence-electron chi connectivity index (χ4n) is 3.13. The van der Waals surface area contributed by atoms with Gasteiger partial charge in [-0.3, -0.25) is 14.5 Å². The van der Waals surface area contributed by atoms with Gasteiger partial charge in [0.2, 0.25) is 5.91 Å². The van der Waals surface area contributed by atoms with E-state index in [4.69, 9.17) is 14.6 Å². The molecule has 2 aliphatic heterocycles. The number of carboxylic acids is 1. The van der Waals surface area contributed by atoms with Gasteiger partial charge in [0.1, 0.15) is 11.6 Å². The number of rotatable bonds is 2. The molecular weight excluding hydrogens is 415 g/mol. The number of halogens is 3. The van der Waals surface area contributed by atoms with Crippen molar-refractivity contribution in [1.82, 2.24) is 15.1 Å². The van der Waals surface area contributed by atoms with Crippen LogP contribution < -0.4 is 5.32 Å². The van der Waals surface area contributed by atoms with E-state index in [0.29, 0.717) is 26.2 Å². The van der Waals surface area contributed by atoms with E-state index in [2.05, 4.69) is 5.32 Å². The minimum atomic E-state index is -5.08. The number of thiophene rings is 1. The van der Waals surface area contributed by atoms with E-state index in [-0.39, 0.29) is 23.5 Å². The summed E-state index contributed by atoms with van der Waals surface area (Å²) in [7, 11) is 3.56. The van der Waals surface area contributed by atoms with Crippen LogP contribution in [0.2, 0.25) is 0 Å². The van der Waals surface area contributed by atoms with Crippen molar-refractivity contribution in [2.75, 3.05) is 40.3 Å². The Kier molecular flexibility index (Phi) is 6.91. The maximum absolute atomic E-state index is 12.4. The number of carbonyl (C=O) groups excluding carboxylic acids is 2. The lowest BCUT2D eigenvalue weighted by atomic mass is 9.90. The molecule has 162 valence electrons. The van der Waals surface area contributed by atoms with Crippen molar-refractivity contribution in [1.29, 1.82) is 0 Å². The van der Waals surface area contributed by atoms with Gasteiger partial charge in [0, 0.05) is 18.5 Å². The number of hydrogen-bond acceptors (Lipinski definition) is 6. The van der Waals surface area contributed by atoms with Crippen LogP contribution in [0.5, 0.6) is 0 Å². The van der Waals surface area contributed by atoms with E-state index in [9.17, 15) is 22.8 Å². The molecule has 1 spiro atoms. The number of aliphatic carboxylic acids is 1. The van der Waals surface area contributed by atoms with Gasteiger partial charge in [-0.05, 0) is 26.1 Å². The van der Waals surface area contributed by atoms with Crippen molar-refractivity contribution in [3.8, 4) is 0 Å². The second-order valence-corrected chi connectivity index (χ2v) is 8.20. The number of likely N-dealkylation sites (N-methyl/N-ethyl adjacent to an activating group) is 2. The second-order valence-electron chi connectivity index (χ2n) is 6.91. The van der Waals surface area contributed by atoms with E-state index < -0.39 is 12.1 Å². The summed E-state index contributed by atoms with van der Waals surface area (Å²) in [6, 6.07) is 3.59. The van der Waals surface area contributed by atoms with Gasteiger partial charge in [-0.1, -0.05) is 0 Å². The number of carbonyl (C=O) groups is 3. The Morgan fingerprint density at radius 2 is 1.86 bits per heavy atom. The summed E-state index contributed by atoms with van der Waals surface area (Å²) in [6.07, 6.45) is -5.08. The van der Waals surface area contributed by atoms with Gasteiger partial charge in [-0.15, -0.1) is 11.3 Å². The molecule has 8 nitrogen and oxygen atoms in total. The fraction of sp³-hybridized carbons (Fsp3) is 0.588. The van der Waals surface area contributed by atoms with Crippen LogP contribution >= 0.6 is 11.3 Å². The largest absolute Gasteiger partial charge is 0.490 e. The zero-order chi connectivity index (χ0) is 22.0. The Balaban J connectivity index is 0.000000370. The third-order valence-electron chi connectivity index (χ3n) is 4.60. The van der Waals surface area contributed by atoms with E-state index >= 15 is 0 Å². The van der Waals surface area contributed by atoms with Crippen LogP contribution in [0.25, 0.3) is 0 Å². The van der Waals surface area contributed by atoms with Crippen LogP contribution in [-0.2, 0) is 14.3 Å². The van der Waals surface area contributed by atoms with Gasteiger partial charge in [-0.25, -0.2) is 4.79 Å². The molecule has 1 atom stereocenters. The topological polar surface area (TPSA) is 99.2 Å². The first-order valence-corrected chi connectivity index (χ1v) is 9.42. The lowest BCUT2D eigenvalue weighted by molar-refractivity contribution is -0.192. The number of morpholine rings is 1. The van der Waals surface area contributed by atoms with Crippen molar-refractivity contribution in [2.24, 2.45) is 0 Å². The maximum Gasteiger partial charge on any atom is 0.490 e. The highest BCUT2D eigenvalue weighted by Crippen LogP contribution is 2.32. The Morgan fingerprint density at radius 3 is 2.28 bits per heavy atom. The van der Waals surface area contributed by atoms with Gasteiger partial charge in [0.15, 0.2) is 0 Å². The SMILES string of the molecule is CNC(=O)C1COC2(CN(C(=O)c3ccc(C)s3)C2)CN1C.O=C(O)C(F)(F)F. The number of likely N-dealkylation sites (tertiary alicyclic amines) is 1. The number of nitrogens with zero attached hydrogens (tertiary/aromatic N) is 2.